The normalized spacial score (nSPS) is 16.6. The van der Waals surface area contributed by atoms with Crippen molar-refractivity contribution in [3.63, 3.8) is 0 Å². The smallest absolute Gasteiger partial charge is 0.173 e. The SMILES string of the molecule is C[C@@H]1Oc2cc(Cl)ccc2-c2cc3cc(Cl)ccc3n21. The van der Waals surface area contributed by atoms with Gasteiger partial charge in [-0.2, -0.15) is 0 Å². The van der Waals surface area contributed by atoms with Crippen molar-refractivity contribution in [1.82, 2.24) is 4.57 Å². The highest BCUT2D eigenvalue weighted by Gasteiger charge is 2.24. The first-order valence-corrected chi connectivity index (χ1v) is 7.16. The molecule has 4 rings (SSSR count). The van der Waals surface area contributed by atoms with Gasteiger partial charge in [-0.1, -0.05) is 23.2 Å². The summed E-state index contributed by atoms with van der Waals surface area (Å²) in [5, 5.41) is 2.54. The summed E-state index contributed by atoms with van der Waals surface area (Å²) >= 11 is 12.1. The van der Waals surface area contributed by atoms with E-state index in [2.05, 4.69) is 10.6 Å². The highest BCUT2D eigenvalue weighted by molar-refractivity contribution is 6.31. The van der Waals surface area contributed by atoms with Crippen LogP contribution in [0.1, 0.15) is 13.2 Å². The standard InChI is InChI=1S/C16H11Cl2NO/c1-9-19-14-5-3-11(17)6-10(14)7-15(19)13-4-2-12(18)8-16(13)20-9/h2-9H,1H3/t9-/m0/s1. The van der Waals surface area contributed by atoms with Crippen LogP contribution in [-0.4, -0.2) is 4.57 Å². The summed E-state index contributed by atoms with van der Waals surface area (Å²) in [5.41, 5.74) is 3.31. The van der Waals surface area contributed by atoms with E-state index in [1.165, 1.54) is 0 Å². The Hall–Kier alpha value is -1.64. The van der Waals surface area contributed by atoms with E-state index < -0.39 is 0 Å². The molecule has 100 valence electrons. The minimum atomic E-state index is -0.0744. The molecule has 0 saturated carbocycles. The molecule has 0 bridgehead atoms. The van der Waals surface area contributed by atoms with E-state index in [4.69, 9.17) is 27.9 Å². The van der Waals surface area contributed by atoms with Crippen LogP contribution in [0.2, 0.25) is 10.0 Å². The lowest BCUT2D eigenvalue weighted by Gasteiger charge is -2.27. The molecule has 0 unspecified atom stereocenters. The molecule has 1 aliphatic heterocycles. The zero-order chi connectivity index (χ0) is 13.9. The molecule has 2 nitrogen and oxygen atoms in total. The van der Waals surface area contributed by atoms with Gasteiger partial charge in [0.2, 0.25) is 0 Å². The van der Waals surface area contributed by atoms with E-state index in [0.29, 0.717) is 5.02 Å². The van der Waals surface area contributed by atoms with E-state index in [1.54, 1.807) is 0 Å². The number of ether oxygens (including phenoxy) is 1. The number of nitrogens with zero attached hydrogens (tertiary/aromatic N) is 1. The molecular formula is C16H11Cl2NO. The van der Waals surface area contributed by atoms with Gasteiger partial charge in [0.05, 0.1) is 11.2 Å². The maximum Gasteiger partial charge on any atom is 0.173 e. The van der Waals surface area contributed by atoms with Gasteiger partial charge in [-0.3, -0.25) is 0 Å². The third kappa shape index (κ3) is 1.65. The number of hydrogen-bond donors (Lipinski definition) is 0. The Kier molecular flexibility index (Phi) is 2.53. The maximum atomic E-state index is 6.08. The van der Waals surface area contributed by atoms with Gasteiger partial charge in [-0.15, -0.1) is 0 Å². The first kappa shape index (κ1) is 12.1. The fourth-order valence-corrected chi connectivity index (χ4v) is 3.19. The number of halogens is 2. The highest BCUT2D eigenvalue weighted by Crippen LogP contribution is 2.43. The van der Waals surface area contributed by atoms with Crippen LogP contribution in [0.25, 0.3) is 22.2 Å². The number of benzene rings is 2. The van der Waals surface area contributed by atoms with Crippen LogP contribution in [0.4, 0.5) is 0 Å². The topological polar surface area (TPSA) is 14.2 Å². The average Bonchev–Trinajstić information content (AvgIpc) is 2.77. The molecule has 0 saturated heterocycles. The van der Waals surface area contributed by atoms with Gasteiger partial charge >= 0.3 is 0 Å². The molecule has 0 N–H and O–H groups in total. The van der Waals surface area contributed by atoms with Crippen molar-refractivity contribution in [1.29, 1.82) is 0 Å². The van der Waals surface area contributed by atoms with Crippen LogP contribution < -0.4 is 4.74 Å². The molecule has 2 aromatic carbocycles. The summed E-state index contributed by atoms with van der Waals surface area (Å²) in [6, 6.07) is 13.8. The molecule has 1 aliphatic rings. The van der Waals surface area contributed by atoms with Gasteiger partial charge in [0.15, 0.2) is 6.23 Å². The van der Waals surface area contributed by atoms with Gasteiger partial charge < -0.3 is 9.30 Å². The van der Waals surface area contributed by atoms with E-state index in [1.807, 2.05) is 43.3 Å². The van der Waals surface area contributed by atoms with E-state index in [-0.39, 0.29) is 6.23 Å². The number of fused-ring (bicyclic) bond motifs is 5. The van der Waals surface area contributed by atoms with Crippen LogP contribution >= 0.6 is 23.2 Å². The van der Waals surface area contributed by atoms with Crippen molar-refractivity contribution in [2.45, 2.75) is 13.2 Å². The van der Waals surface area contributed by atoms with Gasteiger partial charge in [-0.05, 0) is 49.4 Å². The van der Waals surface area contributed by atoms with Crippen molar-refractivity contribution in [3.8, 4) is 17.0 Å². The van der Waals surface area contributed by atoms with E-state index in [9.17, 15) is 0 Å². The minimum absolute atomic E-state index is 0.0744. The van der Waals surface area contributed by atoms with Crippen molar-refractivity contribution in [2.24, 2.45) is 0 Å². The molecule has 4 heteroatoms. The predicted octanol–water partition coefficient (Wildman–Crippen LogP) is 5.53. The third-order valence-electron chi connectivity index (χ3n) is 3.68. The fraction of sp³-hybridized carbons (Fsp3) is 0.125. The first-order valence-electron chi connectivity index (χ1n) is 6.40. The summed E-state index contributed by atoms with van der Waals surface area (Å²) in [4.78, 5) is 0. The molecule has 0 amide bonds. The van der Waals surface area contributed by atoms with Gasteiger partial charge in [0.1, 0.15) is 5.75 Å². The molecule has 0 aliphatic carbocycles. The zero-order valence-electron chi connectivity index (χ0n) is 10.7. The van der Waals surface area contributed by atoms with Gasteiger partial charge in [0, 0.05) is 21.0 Å². The Balaban J connectivity index is 2.07. The molecule has 1 atom stereocenters. The average molecular weight is 304 g/mol. The lowest BCUT2D eigenvalue weighted by atomic mass is 10.1. The number of hydrogen-bond acceptors (Lipinski definition) is 1. The van der Waals surface area contributed by atoms with Crippen molar-refractivity contribution in [3.05, 3.63) is 52.5 Å². The molecule has 1 aromatic heterocycles. The van der Waals surface area contributed by atoms with Crippen LogP contribution in [0, 0.1) is 0 Å². The number of aromatic nitrogens is 1. The fourth-order valence-electron chi connectivity index (χ4n) is 2.85. The van der Waals surface area contributed by atoms with E-state index >= 15 is 0 Å². The lowest BCUT2D eigenvalue weighted by molar-refractivity contribution is 0.152. The molecule has 0 radical (unpaired) electrons. The highest BCUT2D eigenvalue weighted by atomic mass is 35.5. The Labute approximate surface area is 126 Å². The molecule has 2 heterocycles. The summed E-state index contributed by atoms with van der Waals surface area (Å²) in [6.45, 7) is 2.03. The predicted molar refractivity (Wildman–Crippen MR) is 82.7 cm³/mol. The Bertz CT molecular complexity index is 838. The largest absolute Gasteiger partial charge is 0.470 e. The van der Waals surface area contributed by atoms with E-state index in [0.717, 1.165) is 32.9 Å². The minimum Gasteiger partial charge on any atom is -0.470 e. The molecule has 20 heavy (non-hydrogen) atoms. The molecular weight excluding hydrogens is 293 g/mol. The Morgan fingerprint density at radius 2 is 1.75 bits per heavy atom. The molecule has 0 fully saturated rings. The first-order chi connectivity index (χ1) is 9.63. The lowest BCUT2D eigenvalue weighted by Crippen LogP contribution is -2.17. The second kappa shape index (κ2) is 4.18. The van der Waals surface area contributed by atoms with Gasteiger partial charge in [-0.25, -0.2) is 0 Å². The second-order valence-corrected chi connectivity index (χ2v) is 5.83. The summed E-state index contributed by atoms with van der Waals surface area (Å²) < 4.78 is 8.16. The van der Waals surface area contributed by atoms with Crippen molar-refractivity contribution in [2.75, 3.05) is 0 Å². The van der Waals surface area contributed by atoms with Crippen LogP contribution in [0.3, 0.4) is 0 Å². The van der Waals surface area contributed by atoms with Crippen LogP contribution in [0.5, 0.6) is 5.75 Å². The third-order valence-corrected chi connectivity index (χ3v) is 4.15. The molecule has 0 spiro atoms. The number of rotatable bonds is 0. The Morgan fingerprint density at radius 3 is 2.60 bits per heavy atom. The van der Waals surface area contributed by atoms with Crippen LogP contribution in [0.15, 0.2) is 42.5 Å². The van der Waals surface area contributed by atoms with Crippen molar-refractivity contribution < 1.29 is 4.74 Å². The zero-order valence-corrected chi connectivity index (χ0v) is 12.2. The quantitative estimate of drug-likeness (QED) is 0.533. The summed E-state index contributed by atoms with van der Waals surface area (Å²) in [7, 11) is 0. The maximum absolute atomic E-state index is 6.08. The monoisotopic (exact) mass is 303 g/mol. The summed E-state index contributed by atoms with van der Waals surface area (Å²) in [6.07, 6.45) is -0.0744. The Morgan fingerprint density at radius 1 is 1.00 bits per heavy atom. The summed E-state index contributed by atoms with van der Waals surface area (Å²) in [5.74, 6) is 0.825. The second-order valence-electron chi connectivity index (χ2n) is 4.96. The van der Waals surface area contributed by atoms with Crippen molar-refractivity contribution >= 4 is 34.1 Å². The van der Waals surface area contributed by atoms with Gasteiger partial charge in [0.25, 0.3) is 0 Å². The van der Waals surface area contributed by atoms with Crippen LogP contribution in [-0.2, 0) is 0 Å². The molecule has 3 aromatic rings.